The molecular weight excluding hydrogens is 114 g/mol. The quantitative estimate of drug-likeness (QED) is 0.295. The maximum Gasteiger partial charge on any atom is 0.223 e. The lowest BCUT2D eigenvalue weighted by atomic mass is 10.3. The molecule has 0 spiro atoms. The zero-order chi connectivity index (χ0) is 6.69. The maximum atomic E-state index is 8.70. The molecular formula is C7H6NO+. The van der Waals surface area contributed by atoms with Crippen LogP contribution in [0.4, 0.5) is 0 Å². The van der Waals surface area contributed by atoms with E-state index in [-0.39, 0.29) is 0 Å². The molecule has 2 nitrogen and oxygen atoms in total. The number of rotatable bonds is 0. The molecule has 2 heteroatoms. The van der Waals surface area contributed by atoms with E-state index in [1.807, 2.05) is 0 Å². The van der Waals surface area contributed by atoms with Gasteiger partial charge in [-0.2, -0.15) is 0 Å². The molecule has 0 saturated carbocycles. The summed E-state index contributed by atoms with van der Waals surface area (Å²) < 4.78 is 0.945. The van der Waals surface area contributed by atoms with Gasteiger partial charge >= 0.3 is 0 Å². The standard InChI is InChI=1S/C7H6NO/c1-2-7-3-5-8(9)6-4-7/h1,3-6,9H/q+1. The molecule has 1 aromatic heterocycles. The minimum absolute atomic E-state index is 0.764. The van der Waals surface area contributed by atoms with Crippen molar-refractivity contribution in [2.24, 2.45) is 0 Å². The Morgan fingerprint density at radius 2 is 2.00 bits per heavy atom. The van der Waals surface area contributed by atoms with Crippen LogP contribution in [-0.4, -0.2) is 5.21 Å². The van der Waals surface area contributed by atoms with E-state index in [4.69, 9.17) is 11.6 Å². The first-order valence-corrected chi connectivity index (χ1v) is 2.50. The normalized spacial score (nSPS) is 8.33. The largest absolute Gasteiger partial charge is 0.285 e. The van der Waals surface area contributed by atoms with Crippen LogP contribution in [0.25, 0.3) is 0 Å². The van der Waals surface area contributed by atoms with Gasteiger partial charge in [0.15, 0.2) is 0 Å². The van der Waals surface area contributed by atoms with Gasteiger partial charge in [0.25, 0.3) is 0 Å². The highest BCUT2D eigenvalue weighted by Crippen LogP contribution is 1.88. The van der Waals surface area contributed by atoms with Gasteiger partial charge in [-0.15, -0.1) is 6.42 Å². The number of nitrogens with zero attached hydrogens (tertiary/aromatic N) is 1. The summed E-state index contributed by atoms with van der Waals surface area (Å²) in [4.78, 5) is 0. The Kier molecular flexibility index (Phi) is 1.37. The Morgan fingerprint density at radius 1 is 1.44 bits per heavy atom. The number of aromatic nitrogens is 1. The summed E-state index contributed by atoms with van der Waals surface area (Å²) in [7, 11) is 0. The molecule has 0 atom stereocenters. The molecule has 44 valence electrons. The van der Waals surface area contributed by atoms with E-state index in [1.165, 1.54) is 12.4 Å². The molecule has 1 heterocycles. The Hall–Kier alpha value is -1.49. The second-order valence-electron chi connectivity index (χ2n) is 1.61. The Balaban J connectivity index is 3.06. The van der Waals surface area contributed by atoms with E-state index >= 15 is 0 Å². The Morgan fingerprint density at radius 3 is 2.44 bits per heavy atom. The van der Waals surface area contributed by atoms with Gasteiger partial charge in [-0.3, -0.25) is 5.21 Å². The average molecular weight is 120 g/mol. The zero-order valence-electron chi connectivity index (χ0n) is 4.78. The lowest BCUT2D eigenvalue weighted by molar-refractivity contribution is -0.904. The van der Waals surface area contributed by atoms with Gasteiger partial charge in [-0.1, -0.05) is 5.92 Å². The number of pyridine rings is 1. The van der Waals surface area contributed by atoms with Gasteiger partial charge in [0.05, 0.1) is 0 Å². The van der Waals surface area contributed by atoms with Crippen LogP contribution in [0.1, 0.15) is 5.56 Å². The van der Waals surface area contributed by atoms with E-state index in [1.54, 1.807) is 12.1 Å². The third-order valence-electron chi connectivity index (χ3n) is 0.980. The molecule has 1 N–H and O–H groups in total. The van der Waals surface area contributed by atoms with Crippen LogP contribution in [0.5, 0.6) is 0 Å². The van der Waals surface area contributed by atoms with Crippen LogP contribution < -0.4 is 4.73 Å². The fourth-order valence-corrected chi connectivity index (χ4v) is 0.515. The van der Waals surface area contributed by atoms with E-state index in [0.717, 1.165) is 10.3 Å². The summed E-state index contributed by atoms with van der Waals surface area (Å²) in [5.41, 5.74) is 0.764. The van der Waals surface area contributed by atoms with Crippen LogP contribution in [-0.2, 0) is 0 Å². The van der Waals surface area contributed by atoms with E-state index in [0.29, 0.717) is 0 Å². The summed E-state index contributed by atoms with van der Waals surface area (Å²) in [6, 6.07) is 3.31. The topological polar surface area (TPSA) is 24.1 Å². The van der Waals surface area contributed by atoms with Crippen molar-refractivity contribution in [2.45, 2.75) is 0 Å². The lowest BCUT2D eigenvalue weighted by Crippen LogP contribution is -2.27. The molecule has 0 amide bonds. The van der Waals surface area contributed by atoms with Gasteiger partial charge in [-0.25, -0.2) is 0 Å². The minimum atomic E-state index is 0.764. The fraction of sp³-hybridized carbons (Fsp3) is 0. The Bertz CT molecular complexity index is 232. The minimum Gasteiger partial charge on any atom is -0.285 e. The van der Waals surface area contributed by atoms with Crippen molar-refractivity contribution >= 4 is 0 Å². The third-order valence-corrected chi connectivity index (χ3v) is 0.980. The molecule has 0 radical (unpaired) electrons. The number of hydrogen-bond donors (Lipinski definition) is 1. The van der Waals surface area contributed by atoms with E-state index < -0.39 is 0 Å². The summed E-state index contributed by atoms with van der Waals surface area (Å²) >= 11 is 0. The van der Waals surface area contributed by atoms with Gasteiger partial charge in [-0.05, 0) is 0 Å². The van der Waals surface area contributed by atoms with Crippen molar-refractivity contribution < 1.29 is 9.94 Å². The third kappa shape index (κ3) is 1.20. The fourth-order valence-electron chi connectivity index (χ4n) is 0.515. The smallest absolute Gasteiger partial charge is 0.223 e. The molecule has 0 aromatic carbocycles. The predicted octanol–water partition coefficient (Wildman–Crippen LogP) is 0.193. The van der Waals surface area contributed by atoms with Crippen LogP contribution in [0.3, 0.4) is 0 Å². The van der Waals surface area contributed by atoms with Crippen LogP contribution in [0, 0.1) is 12.3 Å². The van der Waals surface area contributed by atoms with Crippen molar-refractivity contribution in [3.05, 3.63) is 30.1 Å². The summed E-state index contributed by atoms with van der Waals surface area (Å²) in [5.74, 6) is 2.43. The average Bonchev–Trinajstić information content (AvgIpc) is 1.90. The van der Waals surface area contributed by atoms with E-state index in [9.17, 15) is 0 Å². The summed E-state index contributed by atoms with van der Waals surface area (Å²) in [6.45, 7) is 0. The first-order chi connectivity index (χ1) is 4.33. The highest BCUT2D eigenvalue weighted by atomic mass is 16.5. The monoisotopic (exact) mass is 120 g/mol. The first kappa shape index (κ1) is 5.64. The van der Waals surface area contributed by atoms with Gasteiger partial charge in [0, 0.05) is 22.4 Å². The van der Waals surface area contributed by atoms with Crippen molar-refractivity contribution in [3.8, 4) is 12.3 Å². The SMILES string of the molecule is C#Cc1cc[n+](O)cc1. The maximum absolute atomic E-state index is 8.70. The summed E-state index contributed by atoms with van der Waals surface area (Å²) in [5, 5.41) is 8.70. The second-order valence-corrected chi connectivity index (χ2v) is 1.61. The summed E-state index contributed by atoms with van der Waals surface area (Å²) in [6.07, 6.45) is 8.02. The van der Waals surface area contributed by atoms with Gasteiger partial charge < -0.3 is 0 Å². The molecule has 9 heavy (non-hydrogen) atoms. The van der Waals surface area contributed by atoms with Crippen molar-refractivity contribution in [1.82, 2.24) is 0 Å². The number of hydrogen-bond acceptors (Lipinski definition) is 1. The van der Waals surface area contributed by atoms with E-state index in [2.05, 4.69) is 5.92 Å². The second kappa shape index (κ2) is 2.19. The van der Waals surface area contributed by atoms with Crippen molar-refractivity contribution in [2.75, 3.05) is 0 Å². The molecule has 1 aromatic rings. The highest BCUT2D eigenvalue weighted by molar-refractivity contribution is 5.27. The van der Waals surface area contributed by atoms with Crippen LogP contribution in [0.15, 0.2) is 24.5 Å². The van der Waals surface area contributed by atoms with Gasteiger partial charge in [0.2, 0.25) is 12.4 Å². The molecule has 1 rings (SSSR count). The van der Waals surface area contributed by atoms with Crippen molar-refractivity contribution in [1.29, 1.82) is 0 Å². The zero-order valence-corrected chi connectivity index (χ0v) is 4.78. The molecule has 0 aliphatic carbocycles. The first-order valence-electron chi connectivity index (χ1n) is 2.50. The predicted molar refractivity (Wildman–Crippen MR) is 31.8 cm³/mol. The molecule has 0 aliphatic heterocycles. The van der Waals surface area contributed by atoms with Crippen LogP contribution in [0.2, 0.25) is 0 Å². The molecule has 0 fully saturated rings. The molecule has 0 saturated heterocycles. The molecule has 0 unspecified atom stereocenters. The highest BCUT2D eigenvalue weighted by Gasteiger charge is 1.91. The molecule has 0 bridgehead atoms. The number of terminal acetylenes is 1. The van der Waals surface area contributed by atoms with Crippen molar-refractivity contribution in [3.63, 3.8) is 0 Å². The lowest BCUT2D eigenvalue weighted by Gasteiger charge is -1.82. The van der Waals surface area contributed by atoms with Gasteiger partial charge in [0.1, 0.15) is 0 Å². The molecule has 0 aliphatic rings. The Labute approximate surface area is 53.3 Å². The van der Waals surface area contributed by atoms with Crippen LogP contribution >= 0.6 is 0 Å².